The standard InChI is InChI=1S/C14H26ClNO2/c1-2-3-4-5-6-7-8-9-10-11-14(18)16-12-13(15)17/h2-12H2,1H3,(H,16,18). The molecule has 0 saturated heterocycles. The van der Waals surface area contributed by atoms with Crippen molar-refractivity contribution >= 4 is 22.8 Å². The molecule has 0 aromatic carbocycles. The molecule has 0 saturated carbocycles. The molecule has 3 nitrogen and oxygen atoms in total. The van der Waals surface area contributed by atoms with Crippen molar-refractivity contribution in [1.82, 2.24) is 5.32 Å². The van der Waals surface area contributed by atoms with Crippen LogP contribution in [0.15, 0.2) is 0 Å². The van der Waals surface area contributed by atoms with Crippen LogP contribution < -0.4 is 5.32 Å². The van der Waals surface area contributed by atoms with E-state index in [-0.39, 0.29) is 12.5 Å². The summed E-state index contributed by atoms with van der Waals surface area (Å²) in [5.74, 6) is -0.0769. The Hall–Kier alpha value is -0.570. The highest BCUT2D eigenvalue weighted by Gasteiger charge is 2.02. The van der Waals surface area contributed by atoms with E-state index < -0.39 is 5.24 Å². The molecule has 0 rings (SSSR count). The first-order valence-electron chi connectivity index (χ1n) is 7.11. The predicted octanol–water partition coefficient (Wildman–Crippen LogP) is 3.79. The van der Waals surface area contributed by atoms with E-state index in [2.05, 4.69) is 12.2 Å². The Balaban J connectivity index is 3.15. The van der Waals surface area contributed by atoms with Crippen molar-refractivity contribution < 1.29 is 9.59 Å². The number of rotatable bonds is 12. The molecular formula is C14H26ClNO2. The lowest BCUT2D eigenvalue weighted by Crippen LogP contribution is -2.27. The quantitative estimate of drug-likeness (QED) is 0.435. The molecular weight excluding hydrogens is 250 g/mol. The van der Waals surface area contributed by atoms with Crippen LogP contribution in [0, 0.1) is 0 Å². The molecule has 0 aliphatic carbocycles. The van der Waals surface area contributed by atoms with Crippen LogP contribution in [-0.2, 0) is 9.59 Å². The second kappa shape index (κ2) is 12.9. The van der Waals surface area contributed by atoms with Gasteiger partial charge in [-0.1, -0.05) is 58.3 Å². The second-order valence-corrected chi connectivity index (χ2v) is 5.13. The van der Waals surface area contributed by atoms with Crippen LogP contribution in [0.3, 0.4) is 0 Å². The molecule has 0 aromatic rings. The Morgan fingerprint density at radius 2 is 1.39 bits per heavy atom. The van der Waals surface area contributed by atoms with Gasteiger partial charge in [-0.05, 0) is 18.0 Å². The number of nitrogens with one attached hydrogen (secondary N) is 1. The number of carbonyl (C=O) groups excluding carboxylic acids is 2. The highest BCUT2D eigenvalue weighted by atomic mass is 35.5. The molecule has 4 heteroatoms. The van der Waals surface area contributed by atoms with Crippen LogP contribution in [0.2, 0.25) is 0 Å². The summed E-state index contributed by atoms with van der Waals surface area (Å²) in [4.78, 5) is 21.7. The normalized spacial score (nSPS) is 10.3. The average Bonchev–Trinajstić information content (AvgIpc) is 2.34. The molecule has 0 heterocycles. The summed E-state index contributed by atoms with van der Waals surface area (Å²) < 4.78 is 0. The van der Waals surface area contributed by atoms with Crippen molar-refractivity contribution in [3.63, 3.8) is 0 Å². The van der Waals surface area contributed by atoms with E-state index in [1.807, 2.05) is 0 Å². The summed E-state index contributed by atoms with van der Waals surface area (Å²) in [6.07, 6.45) is 11.6. The summed E-state index contributed by atoms with van der Waals surface area (Å²) in [7, 11) is 0. The van der Waals surface area contributed by atoms with Crippen molar-refractivity contribution in [1.29, 1.82) is 0 Å². The highest BCUT2D eigenvalue weighted by Crippen LogP contribution is 2.10. The maximum Gasteiger partial charge on any atom is 0.240 e. The van der Waals surface area contributed by atoms with Gasteiger partial charge in [0, 0.05) is 6.42 Å². The smallest absolute Gasteiger partial charge is 0.240 e. The molecule has 0 atom stereocenters. The first kappa shape index (κ1) is 17.4. The first-order chi connectivity index (χ1) is 8.66. The molecule has 0 unspecified atom stereocenters. The third kappa shape index (κ3) is 13.5. The van der Waals surface area contributed by atoms with E-state index in [1.54, 1.807) is 0 Å². The third-order valence-corrected chi connectivity index (χ3v) is 3.07. The van der Waals surface area contributed by atoms with Gasteiger partial charge in [-0.15, -0.1) is 0 Å². The van der Waals surface area contributed by atoms with Gasteiger partial charge in [0.2, 0.25) is 11.1 Å². The molecule has 0 aliphatic rings. The first-order valence-corrected chi connectivity index (χ1v) is 7.49. The number of amides is 1. The van der Waals surface area contributed by atoms with E-state index in [0.29, 0.717) is 6.42 Å². The maximum atomic E-state index is 11.2. The van der Waals surface area contributed by atoms with Gasteiger partial charge >= 0.3 is 0 Å². The Bertz CT molecular complexity index is 232. The molecule has 18 heavy (non-hydrogen) atoms. The fourth-order valence-electron chi connectivity index (χ4n) is 1.85. The van der Waals surface area contributed by atoms with Crippen molar-refractivity contribution in [2.75, 3.05) is 6.54 Å². The molecule has 0 aliphatic heterocycles. The minimum Gasteiger partial charge on any atom is -0.348 e. The lowest BCUT2D eigenvalue weighted by Gasteiger charge is -2.03. The molecule has 1 N–H and O–H groups in total. The van der Waals surface area contributed by atoms with E-state index in [9.17, 15) is 9.59 Å². The minimum absolute atomic E-state index is 0.0577. The van der Waals surface area contributed by atoms with Gasteiger partial charge in [-0.2, -0.15) is 0 Å². The fourth-order valence-corrected chi connectivity index (χ4v) is 1.92. The van der Waals surface area contributed by atoms with Gasteiger partial charge in [-0.25, -0.2) is 0 Å². The number of hydrogen-bond donors (Lipinski definition) is 1. The van der Waals surface area contributed by atoms with Crippen LogP contribution in [0.4, 0.5) is 0 Å². The van der Waals surface area contributed by atoms with Crippen LogP contribution in [0.5, 0.6) is 0 Å². The summed E-state index contributed by atoms with van der Waals surface area (Å²) >= 11 is 5.12. The topological polar surface area (TPSA) is 46.2 Å². The third-order valence-electron chi connectivity index (χ3n) is 2.93. The Labute approximate surface area is 116 Å². The largest absolute Gasteiger partial charge is 0.348 e. The molecule has 0 aromatic heterocycles. The number of halogens is 1. The van der Waals surface area contributed by atoms with Crippen molar-refractivity contribution in [3.8, 4) is 0 Å². The van der Waals surface area contributed by atoms with E-state index in [0.717, 1.165) is 12.8 Å². The minimum atomic E-state index is -0.518. The van der Waals surface area contributed by atoms with Gasteiger partial charge in [0.05, 0.1) is 6.54 Å². The van der Waals surface area contributed by atoms with Crippen LogP contribution in [0.1, 0.15) is 71.1 Å². The summed E-state index contributed by atoms with van der Waals surface area (Å²) in [6, 6.07) is 0. The fraction of sp³-hybridized carbons (Fsp3) is 0.857. The molecule has 0 spiro atoms. The monoisotopic (exact) mass is 275 g/mol. The Kier molecular flexibility index (Phi) is 12.5. The van der Waals surface area contributed by atoms with Gasteiger partial charge in [0.1, 0.15) is 0 Å². The zero-order chi connectivity index (χ0) is 13.6. The lowest BCUT2D eigenvalue weighted by molar-refractivity contribution is -0.123. The van der Waals surface area contributed by atoms with Gasteiger partial charge in [0.15, 0.2) is 0 Å². The van der Waals surface area contributed by atoms with E-state index >= 15 is 0 Å². The zero-order valence-corrected chi connectivity index (χ0v) is 12.2. The van der Waals surface area contributed by atoms with Crippen LogP contribution in [-0.4, -0.2) is 17.7 Å². The second-order valence-electron chi connectivity index (χ2n) is 4.71. The van der Waals surface area contributed by atoms with Crippen LogP contribution >= 0.6 is 11.6 Å². The summed E-state index contributed by atoms with van der Waals surface area (Å²) in [5, 5.41) is 1.97. The van der Waals surface area contributed by atoms with Crippen molar-refractivity contribution in [2.24, 2.45) is 0 Å². The number of hydrogen-bond acceptors (Lipinski definition) is 2. The maximum absolute atomic E-state index is 11.2. The molecule has 0 bridgehead atoms. The molecule has 0 fully saturated rings. The lowest BCUT2D eigenvalue weighted by atomic mass is 10.1. The summed E-state index contributed by atoms with van der Waals surface area (Å²) in [5.41, 5.74) is 0. The van der Waals surface area contributed by atoms with Crippen LogP contribution in [0.25, 0.3) is 0 Å². The summed E-state index contributed by atoms with van der Waals surface area (Å²) in [6.45, 7) is 2.17. The average molecular weight is 276 g/mol. The van der Waals surface area contributed by atoms with Gasteiger partial charge < -0.3 is 5.32 Å². The van der Waals surface area contributed by atoms with Gasteiger partial charge in [-0.3, -0.25) is 9.59 Å². The SMILES string of the molecule is CCCCCCCCCCCC(=O)NCC(=O)Cl. The molecule has 106 valence electrons. The highest BCUT2D eigenvalue weighted by molar-refractivity contribution is 6.64. The van der Waals surface area contributed by atoms with E-state index in [4.69, 9.17) is 11.6 Å². The van der Waals surface area contributed by atoms with Gasteiger partial charge in [0.25, 0.3) is 0 Å². The molecule has 0 radical (unpaired) electrons. The molecule has 1 amide bonds. The number of unbranched alkanes of at least 4 members (excludes halogenated alkanes) is 8. The zero-order valence-electron chi connectivity index (χ0n) is 11.5. The van der Waals surface area contributed by atoms with Crippen molar-refractivity contribution in [3.05, 3.63) is 0 Å². The number of carbonyl (C=O) groups is 2. The Morgan fingerprint density at radius 3 is 1.89 bits per heavy atom. The Morgan fingerprint density at radius 1 is 0.889 bits per heavy atom. The van der Waals surface area contributed by atoms with Crippen molar-refractivity contribution in [2.45, 2.75) is 71.1 Å². The predicted molar refractivity (Wildman–Crippen MR) is 75.7 cm³/mol. The van der Waals surface area contributed by atoms with E-state index in [1.165, 1.54) is 44.9 Å².